The highest BCUT2D eigenvalue weighted by Gasteiger charge is 2.43. The van der Waals surface area contributed by atoms with E-state index in [0.29, 0.717) is 12.3 Å². The van der Waals surface area contributed by atoms with E-state index in [1.807, 2.05) is 0 Å². The Labute approximate surface area is 240 Å². The molecule has 0 bridgehead atoms. The SMILES string of the molecule is C[C@@H](CC#CC1CC1)[C@@H](/C=C/[C@@H]1[C@@H](CCCC/C=C/C(=O)O)[C@@H](O)C[C@H]1OC1CCCCO1)O[C@H]1CCCCO1. The van der Waals surface area contributed by atoms with Crippen LogP contribution in [0.1, 0.15) is 96.8 Å². The van der Waals surface area contributed by atoms with Crippen molar-refractivity contribution in [1.82, 2.24) is 0 Å². The fourth-order valence-electron chi connectivity index (χ4n) is 6.05. The van der Waals surface area contributed by atoms with Gasteiger partial charge in [-0.15, -0.1) is 5.92 Å². The standard InChI is InChI=1S/C33H50O7/c1-24(11-10-12-25-17-18-25)29(39-32-15-6-8-21-37-32)20-19-27-26(13-4-2-3-5-14-31(35)36)28(34)23-30(27)40-33-16-7-9-22-38-33/h5,14,19-20,24-30,32-34H,2-4,6-9,11,13,15-18,21-23H2,1H3,(H,35,36)/b14-5+,20-19+/t24-,26+,27+,28-,29+,30+,32-,33?/m0/s1. The van der Waals surface area contributed by atoms with Crippen LogP contribution >= 0.6 is 0 Å². The molecule has 4 aliphatic rings. The van der Waals surface area contributed by atoms with Gasteiger partial charge in [-0.2, -0.15) is 0 Å². The number of rotatable bonds is 14. The van der Waals surface area contributed by atoms with E-state index in [0.717, 1.165) is 83.8 Å². The summed E-state index contributed by atoms with van der Waals surface area (Å²) in [4.78, 5) is 10.7. The summed E-state index contributed by atoms with van der Waals surface area (Å²) in [7, 11) is 0. The van der Waals surface area contributed by atoms with E-state index >= 15 is 0 Å². The van der Waals surface area contributed by atoms with E-state index in [1.165, 1.54) is 18.9 Å². The van der Waals surface area contributed by atoms with Gasteiger partial charge in [-0.25, -0.2) is 4.79 Å². The Bertz CT molecular complexity index is 873. The molecule has 0 amide bonds. The van der Waals surface area contributed by atoms with Crippen LogP contribution < -0.4 is 0 Å². The number of carbonyl (C=O) groups is 1. The first-order chi connectivity index (χ1) is 19.5. The molecule has 7 nitrogen and oxygen atoms in total. The molecule has 224 valence electrons. The van der Waals surface area contributed by atoms with Gasteiger partial charge in [0.05, 0.1) is 18.3 Å². The maximum Gasteiger partial charge on any atom is 0.327 e. The maximum atomic E-state index is 11.1. The van der Waals surface area contributed by atoms with Crippen LogP contribution in [0, 0.1) is 35.5 Å². The first-order valence-corrected chi connectivity index (χ1v) is 15.8. The maximum absolute atomic E-state index is 11.1. The number of carboxylic acid groups (broad SMARTS) is 1. The van der Waals surface area contributed by atoms with Gasteiger partial charge < -0.3 is 29.2 Å². The Hall–Kier alpha value is -1.69. The predicted octanol–water partition coefficient (Wildman–Crippen LogP) is 6.00. The van der Waals surface area contributed by atoms with Gasteiger partial charge in [-0.1, -0.05) is 37.5 Å². The first kappa shape index (κ1) is 31.3. The fraction of sp³-hybridized carbons (Fsp3) is 0.788. The molecule has 2 aliphatic carbocycles. The third-order valence-electron chi connectivity index (χ3n) is 8.61. The summed E-state index contributed by atoms with van der Waals surface area (Å²) >= 11 is 0. The molecule has 0 radical (unpaired) electrons. The normalized spacial score (nSPS) is 32.6. The zero-order valence-electron chi connectivity index (χ0n) is 24.3. The number of ether oxygens (including phenoxy) is 4. The molecule has 0 aromatic heterocycles. The molecule has 40 heavy (non-hydrogen) atoms. The molecule has 0 aromatic rings. The highest BCUT2D eigenvalue weighted by molar-refractivity contribution is 5.79. The van der Waals surface area contributed by atoms with Crippen LogP contribution in [-0.4, -0.2) is 60.3 Å². The van der Waals surface area contributed by atoms with E-state index in [9.17, 15) is 9.90 Å². The van der Waals surface area contributed by atoms with E-state index in [2.05, 4.69) is 30.9 Å². The topological polar surface area (TPSA) is 94.5 Å². The molecule has 8 atom stereocenters. The Kier molecular flexibility index (Phi) is 13.0. The van der Waals surface area contributed by atoms with Crippen molar-refractivity contribution >= 4 is 5.97 Å². The molecule has 2 aliphatic heterocycles. The van der Waals surface area contributed by atoms with Crippen LogP contribution in [0.3, 0.4) is 0 Å². The lowest BCUT2D eigenvalue weighted by Gasteiger charge is -2.31. The summed E-state index contributed by atoms with van der Waals surface area (Å²) in [5.41, 5.74) is 0. The second kappa shape index (κ2) is 16.7. The number of carboxylic acids is 1. The highest BCUT2D eigenvalue weighted by Crippen LogP contribution is 2.40. The lowest BCUT2D eigenvalue weighted by atomic mass is 9.87. The van der Waals surface area contributed by atoms with Crippen molar-refractivity contribution in [2.75, 3.05) is 13.2 Å². The lowest BCUT2D eigenvalue weighted by molar-refractivity contribution is -0.193. The van der Waals surface area contributed by atoms with Crippen LogP contribution in [0.2, 0.25) is 0 Å². The number of allylic oxidation sites excluding steroid dienone is 1. The zero-order valence-corrected chi connectivity index (χ0v) is 24.3. The summed E-state index contributed by atoms with van der Waals surface area (Å²) in [6.45, 7) is 3.67. The molecule has 2 heterocycles. The van der Waals surface area contributed by atoms with Crippen molar-refractivity contribution in [2.24, 2.45) is 23.7 Å². The quantitative estimate of drug-likeness (QED) is 0.117. The van der Waals surface area contributed by atoms with Crippen LogP contribution in [-0.2, 0) is 23.7 Å². The van der Waals surface area contributed by atoms with Crippen molar-refractivity contribution in [2.45, 2.75) is 128 Å². The summed E-state index contributed by atoms with van der Waals surface area (Å²) < 4.78 is 24.8. The van der Waals surface area contributed by atoms with E-state index < -0.39 is 12.1 Å². The predicted molar refractivity (Wildman–Crippen MR) is 153 cm³/mol. The second-order valence-electron chi connectivity index (χ2n) is 12.1. The second-order valence-corrected chi connectivity index (χ2v) is 12.1. The van der Waals surface area contributed by atoms with Gasteiger partial charge in [0.2, 0.25) is 0 Å². The molecular formula is C33H50O7. The number of aliphatic hydroxyl groups is 1. The lowest BCUT2D eigenvalue weighted by Crippen LogP contribution is -2.32. The van der Waals surface area contributed by atoms with E-state index in [-0.39, 0.29) is 42.5 Å². The molecule has 2 saturated heterocycles. The molecule has 2 saturated carbocycles. The Morgan fingerprint density at radius 3 is 2.48 bits per heavy atom. The summed E-state index contributed by atoms with van der Waals surface area (Å²) in [6, 6.07) is 0. The monoisotopic (exact) mass is 558 g/mol. The van der Waals surface area contributed by atoms with Crippen LogP contribution in [0.25, 0.3) is 0 Å². The molecule has 4 rings (SSSR count). The van der Waals surface area contributed by atoms with Gasteiger partial charge in [-0.3, -0.25) is 0 Å². The largest absolute Gasteiger partial charge is 0.478 e. The Balaban J connectivity index is 1.44. The minimum absolute atomic E-state index is 0.0539. The molecule has 0 spiro atoms. The van der Waals surface area contributed by atoms with E-state index in [1.54, 1.807) is 6.08 Å². The number of aliphatic hydroxyl groups excluding tert-OH is 1. The molecule has 1 unspecified atom stereocenters. The van der Waals surface area contributed by atoms with Gasteiger partial charge >= 0.3 is 5.97 Å². The Morgan fingerprint density at radius 1 is 1.05 bits per heavy atom. The molecule has 0 aromatic carbocycles. The number of aliphatic carboxylic acids is 1. The van der Waals surface area contributed by atoms with Crippen LogP contribution in [0.15, 0.2) is 24.3 Å². The summed E-state index contributed by atoms with van der Waals surface area (Å²) in [5.74, 6) is 6.81. The molecule has 4 fully saturated rings. The van der Waals surface area contributed by atoms with Crippen LogP contribution in [0.5, 0.6) is 0 Å². The zero-order chi connectivity index (χ0) is 28.2. The average Bonchev–Trinajstić information content (AvgIpc) is 3.73. The van der Waals surface area contributed by atoms with Crippen molar-refractivity contribution < 1.29 is 34.0 Å². The summed E-state index contributed by atoms with van der Waals surface area (Å²) in [6.07, 6.45) is 19.7. The van der Waals surface area contributed by atoms with Gasteiger partial charge in [0.25, 0.3) is 0 Å². The third-order valence-corrected chi connectivity index (χ3v) is 8.61. The highest BCUT2D eigenvalue weighted by atomic mass is 16.7. The van der Waals surface area contributed by atoms with Crippen LogP contribution in [0.4, 0.5) is 0 Å². The first-order valence-electron chi connectivity index (χ1n) is 15.8. The van der Waals surface area contributed by atoms with Gasteiger partial charge in [-0.05, 0) is 82.5 Å². The van der Waals surface area contributed by atoms with Gasteiger partial charge in [0.1, 0.15) is 0 Å². The minimum Gasteiger partial charge on any atom is -0.478 e. The number of unbranched alkanes of at least 4 members (excludes halogenated alkanes) is 2. The molecular weight excluding hydrogens is 508 g/mol. The van der Waals surface area contributed by atoms with Crippen molar-refractivity contribution in [3.05, 3.63) is 24.3 Å². The van der Waals surface area contributed by atoms with Gasteiger partial charge in [0, 0.05) is 44.0 Å². The van der Waals surface area contributed by atoms with Crippen molar-refractivity contribution in [3.8, 4) is 11.8 Å². The smallest absolute Gasteiger partial charge is 0.327 e. The van der Waals surface area contributed by atoms with E-state index in [4.69, 9.17) is 24.1 Å². The molecule has 7 heteroatoms. The summed E-state index contributed by atoms with van der Waals surface area (Å²) in [5, 5.41) is 19.9. The molecule has 2 N–H and O–H groups in total. The minimum atomic E-state index is -0.913. The van der Waals surface area contributed by atoms with Gasteiger partial charge in [0.15, 0.2) is 12.6 Å². The average molecular weight is 559 g/mol. The third kappa shape index (κ3) is 10.6. The van der Waals surface area contributed by atoms with Crippen molar-refractivity contribution in [1.29, 1.82) is 0 Å². The number of hydrogen-bond donors (Lipinski definition) is 2. The fourth-order valence-corrected chi connectivity index (χ4v) is 6.05. The number of hydrogen-bond acceptors (Lipinski definition) is 6. The van der Waals surface area contributed by atoms with Crippen molar-refractivity contribution in [3.63, 3.8) is 0 Å². The Morgan fingerprint density at radius 2 is 1.80 bits per heavy atom.